The maximum absolute atomic E-state index is 14.0. The maximum Gasteiger partial charge on any atom is 0.296 e. The Bertz CT molecular complexity index is 1730. The SMILES string of the molecule is Cc1cc(N2C(=O)c3oc4ccc(F)cc4c(=O)c3C2c2ccc(OCc3ccccc3Cl)cc2)no1. The number of hydrogen-bond acceptors (Lipinski definition) is 6. The first-order chi connectivity index (χ1) is 17.9. The molecule has 9 heteroatoms. The lowest BCUT2D eigenvalue weighted by Crippen LogP contribution is -2.29. The zero-order valence-electron chi connectivity index (χ0n) is 19.4. The summed E-state index contributed by atoms with van der Waals surface area (Å²) in [5.41, 5.74) is 1.19. The molecule has 1 aliphatic rings. The third-order valence-corrected chi connectivity index (χ3v) is 6.61. The van der Waals surface area contributed by atoms with Gasteiger partial charge in [0.1, 0.15) is 29.5 Å². The zero-order valence-corrected chi connectivity index (χ0v) is 20.2. The van der Waals surface area contributed by atoms with Gasteiger partial charge in [-0.1, -0.05) is 47.1 Å². The number of hydrogen-bond donors (Lipinski definition) is 0. The third kappa shape index (κ3) is 3.95. The van der Waals surface area contributed by atoms with Crippen molar-refractivity contribution in [3.63, 3.8) is 0 Å². The number of carbonyl (C=O) groups excluding carboxylic acids is 1. The maximum atomic E-state index is 14.0. The van der Waals surface area contributed by atoms with Crippen LogP contribution in [0.1, 0.15) is 39.0 Å². The van der Waals surface area contributed by atoms with Crippen molar-refractivity contribution in [3.05, 3.63) is 122 Å². The number of anilines is 1. The Morgan fingerprint density at radius 2 is 1.84 bits per heavy atom. The minimum Gasteiger partial charge on any atom is -0.489 e. The van der Waals surface area contributed by atoms with Crippen molar-refractivity contribution >= 4 is 34.3 Å². The fraction of sp³-hybridized carbons (Fsp3) is 0.107. The lowest BCUT2D eigenvalue weighted by Gasteiger charge is -2.22. The summed E-state index contributed by atoms with van der Waals surface area (Å²) < 4.78 is 30.9. The van der Waals surface area contributed by atoms with Crippen molar-refractivity contribution in [2.75, 3.05) is 4.90 Å². The summed E-state index contributed by atoms with van der Waals surface area (Å²) in [6, 6.07) is 18.7. The molecule has 0 N–H and O–H groups in total. The van der Waals surface area contributed by atoms with Crippen LogP contribution in [0.5, 0.6) is 5.75 Å². The molecule has 0 spiro atoms. The second-order valence-electron chi connectivity index (χ2n) is 8.64. The van der Waals surface area contributed by atoms with Crippen LogP contribution >= 0.6 is 11.6 Å². The molecule has 0 aliphatic carbocycles. The normalized spacial score (nSPS) is 14.8. The molecule has 3 aromatic carbocycles. The van der Waals surface area contributed by atoms with E-state index in [4.69, 9.17) is 25.3 Å². The molecule has 0 saturated carbocycles. The topological polar surface area (TPSA) is 85.8 Å². The Morgan fingerprint density at radius 3 is 2.57 bits per heavy atom. The van der Waals surface area contributed by atoms with Crippen molar-refractivity contribution in [3.8, 4) is 5.75 Å². The van der Waals surface area contributed by atoms with Gasteiger partial charge in [0.2, 0.25) is 5.76 Å². The van der Waals surface area contributed by atoms with Crippen molar-refractivity contribution in [2.45, 2.75) is 19.6 Å². The molecule has 1 aliphatic heterocycles. The molecule has 5 aromatic rings. The zero-order chi connectivity index (χ0) is 25.7. The largest absolute Gasteiger partial charge is 0.489 e. The lowest BCUT2D eigenvalue weighted by molar-refractivity contribution is 0.0969. The van der Waals surface area contributed by atoms with Crippen LogP contribution in [0.2, 0.25) is 5.02 Å². The van der Waals surface area contributed by atoms with E-state index in [1.165, 1.54) is 17.0 Å². The van der Waals surface area contributed by atoms with Crippen molar-refractivity contribution < 1.29 is 22.9 Å². The lowest BCUT2D eigenvalue weighted by atomic mass is 9.98. The molecule has 1 unspecified atom stereocenters. The number of aromatic nitrogens is 1. The van der Waals surface area contributed by atoms with Crippen molar-refractivity contribution in [2.24, 2.45) is 0 Å². The average Bonchev–Trinajstić information content (AvgIpc) is 3.45. The van der Waals surface area contributed by atoms with E-state index < -0.39 is 23.2 Å². The molecule has 6 rings (SSSR count). The van der Waals surface area contributed by atoms with Crippen LogP contribution in [0, 0.1) is 12.7 Å². The molecule has 0 saturated heterocycles. The van der Waals surface area contributed by atoms with E-state index >= 15 is 0 Å². The third-order valence-electron chi connectivity index (χ3n) is 6.24. The van der Waals surface area contributed by atoms with Crippen LogP contribution in [0.25, 0.3) is 11.0 Å². The molecule has 1 atom stereocenters. The number of fused-ring (bicyclic) bond motifs is 2. The first-order valence-electron chi connectivity index (χ1n) is 11.4. The number of rotatable bonds is 5. The van der Waals surface area contributed by atoms with E-state index in [2.05, 4.69) is 5.16 Å². The minimum atomic E-state index is -0.867. The molecule has 0 fully saturated rings. The molecular formula is C28H18ClFN2O5. The van der Waals surface area contributed by atoms with E-state index in [9.17, 15) is 14.0 Å². The van der Waals surface area contributed by atoms with Crippen LogP contribution in [-0.2, 0) is 6.61 Å². The molecule has 2 aromatic heterocycles. The summed E-state index contributed by atoms with van der Waals surface area (Å²) in [6.45, 7) is 1.97. The molecule has 3 heterocycles. The highest BCUT2D eigenvalue weighted by Crippen LogP contribution is 2.41. The smallest absolute Gasteiger partial charge is 0.296 e. The average molecular weight is 517 g/mol. The Hall–Kier alpha value is -4.43. The molecular weight excluding hydrogens is 499 g/mol. The van der Waals surface area contributed by atoms with Gasteiger partial charge in [-0.2, -0.15) is 0 Å². The minimum absolute atomic E-state index is 0.0504. The number of aryl methyl sites for hydroxylation is 1. The van der Waals surface area contributed by atoms with Crippen LogP contribution in [0.15, 0.2) is 86.5 Å². The molecule has 37 heavy (non-hydrogen) atoms. The van der Waals surface area contributed by atoms with Crippen molar-refractivity contribution in [1.82, 2.24) is 5.16 Å². The molecule has 1 amide bonds. The van der Waals surface area contributed by atoms with E-state index in [0.29, 0.717) is 22.1 Å². The van der Waals surface area contributed by atoms with Gasteiger partial charge in [0, 0.05) is 16.7 Å². The Balaban J connectivity index is 1.43. The second kappa shape index (κ2) is 8.90. The van der Waals surface area contributed by atoms with Crippen LogP contribution in [0.3, 0.4) is 0 Å². The molecule has 0 bridgehead atoms. The molecule has 0 radical (unpaired) electrons. The standard InChI is InChI=1S/C28H18ClFN2O5/c1-15-12-23(31-37-15)32-25(16-6-9-19(10-7-16)35-14-17-4-2-3-5-21(17)29)24-26(33)20-13-18(30)8-11-22(20)36-27(24)28(32)34/h2-13,25H,14H2,1H3. The van der Waals surface area contributed by atoms with Crippen molar-refractivity contribution in [1.29, 1.82) is 0 Å². The van der Waals surface area contributed by atoms with Gasteiger partial charge < -0.3 is 13.7 Å². The van der Waals surface area contributed by atoms with Crippen LogP contribution in [-0.4, -0.2) is 11.1 Å². The van der Waals surface area contributed by atoms with Gasteiger partial charge in [-0.15, -0.1) is 0 Å². The fourth-order valence-electron chi connectivity index (χ4n) is 4.49. The number of halogens is 2. The van der Waals surface area contributed by atoms with Crippen LogP contribution < -0.4 is 15.1 Å². The number of nitrogens with zero attached hydrogens (tertiary/aromatic N) is 2. The summed E-state index contributed by atoms with van der Waals surface area (Å²) in [5, 5.41) is 4.65. The summed E-state index contributed by atoms with van der Waals surface area (Å²) in [7, 11) is 0. The Labute approximate surface area is 214 Å². The van der Waals surface area contributed by atoms with Gasteiger partial charge in [-0.3, -0.25) is 14.5 Å². The highest BCUT2D eigenvalue weighted by atomic mass is 35.5. The van der Waals surface area contributed by atoms with E-state index in [1.54, 1.807) is 43.3 Å². The van der Waals surface area contributed by atoms with Gasteiger partial charge >= 0.3 is 0 Å². The van der Waals surface area contributed by atoms with E-state index in [-0.39, 0.29) is 34.7 Å². The second-order valence-corrected chi connectivity index (χ2v) is 9.04. The summed E-state index contributed by atoms with van der Waals surface area (Å²) in [5.74, 6) is 0.0543. The molecule has 7 nitrogen and oxygen atoms in total. The van der Waals surface area contributed by atoms with E-state index in [0.717, 1.165) is 11.6 Å². The summed E-state index contributed by atoms with van der Waals surface area (Å²) in [4.78, 5) is 28.4. The quantitative estimate of drug-likeness (QED) is 0.276. The number of amides is 1. The Morgan fingerprint density at radius 1 is 1.05 bits per heavy atom. The monoisotopic (exact) mass is 516 g/mol. The van der Waals surface area contributed by atoms with Gasteiger partial charge in [0.25, 0.3) is 5.91 Å². The Kier molecular flexibility index (Phi) is 5.53. The van der Waals surface area contributed by atoms with Crippen LogP contribution in [0.4, 0.5) is 10.2 Å². The summed E-state index contributed by atoms with van der Waals surface area (Å²) >= 11 is 6.21. The van der Waals surface area contributed by atoms with Gasteiger partial charge in [-0.05, 0) is 48.9 Å². The number of ether oxygens (including phenoxy) is 1. The van der Waals surface area contributed by atoms with Gasteiger partial charge in [-0.25, -0.2) is 4.39 Å². The highest BCUT2D eigenvalue weighted by Gasteiger charge is 2.45. The highest BCUT2D eigenvalue weighted by molar-refractivity contribution is 6.31. The predicted molar refractivity (Wildman–Crippen MR) is 135 cm³/mol. The molecule has 184 valence electrons. The number of carbonyl (C=O) groups is 1. The first-order valence-corrected chi connectivity index (χ1v) is 11.8. The number of benzene rings is 3. The van der Waals surface area contributed by atoms with E-state index in [1.807, 2.05) is 18.2 Å². The van der Waals surface area contributed by atoms with Gasteiger partial charge in [0.05, 0.1) is 17.0 Å². The first kappa shape index (κ1) is 23.0. The summed E-state index contributed by atoms with van der Waals surface area (Å²) in [6.07, 6.45) is 0. The fourth-order valence-corrected chi connectivity index (χ4v) is 4.68. The predicted octanol–water partition coefficient (Wildman–Crippen LogP) is 6.21. The van der Waals surface area contributed by atoms with Gasteiger partial charge in [0.15, 0.2) is 11.2 Å².